The lowest BCUT2D eigenvalue weighted by Gasteiger charge is -2.18. The van der Waals surface area contributed by atoms with Gasteiger partial charge in [-0.3, -0.25) is 0 Å². The van der Waals surface area contributed by atoms with Gasteiger partial charge in [-0.05, 0) is 30.0 Å². The number of para-hydroxylation sites is 1. The lowest BCUT2D eigenvalue weighted by Crippen LogP contribution is -2.13. The molecule has 0 amide bonds. The molecule has 1 aliphatic heterocycles. The van der Waals surface area contributed by atoms with Gasteiger partial charge in [0.15, 0.2) is 0 Å². The Balaban J connectivity index is 2.16. The van der Waals surface area contributed by atoms with Crippen molar-refractivity contribution in [3.63, 3.8) is 0 Å². The van der Waals surface area contributed by atoms with E-state index in [9.17, 15) is 0 Å². The van der Waals surface area contributed by atoms with E-state index in [0.717, 1.165) is 11.3 Å². The second kappa shape index (κ2) is 5.06. The van der Waals surface area contributed by atoms with E-state index in [-0.39, 0.29) is 5.41 Å². The summed E-state index contributed by atoms with van der Waals surface area (Å²) in [7, 11) is 2.10. The Labute approximate surface area is 119 Å². The van der Waals surface area contributed by atoms with Gasteiger partial charge in [0.1, 0.15) is 0 Å². The van der Waals surface area contributed by atoms with Crippen molar-refractivity contribution in [1.82, 2.24) is 0 Å². The van der Waals surface area contributed by atoms with Crippen molar-refractivity contribution in [2.45, 2.75) is 32.1 Å². The third-order valence-corrected chi connectivity index (χ3v) is 4.19. The molecule has 0 fully saturated rings. The summed E-state index contributed by atoms with van der Waals surface area (Å²) in [6.07, 6.45) is 3.10. The van der Waals surface area contributed by atoms with Crippen LogP contribution < -0.4 is 4.90 Å². The largest absolute Gasteiger partial charge is 0.338 e. The molecule has 0 radical (unpaired) electrons. The molecule has 0 spiro atoms. The lowest BCUT2D eigenvalue weighted by molar-refractivity contribution is 0.436. The van der Waals surface area contributed by atoms with Crippen LogP contribution in [-0.2, 0) is 0 Å². The van der Waals surface area contributed by atoms with Gasteiger partial charge >= 0.3 is 0 Å². The summed E-state index contributed by atoms with van der Waals surface area (Å²) in [6, 6.07) is 8.46. The summed E-state index contributed by atoms with van der Waals surface area (Å²) in [5.41, 5.74) is 1.52. The molecule has 0 aromatic heterocycles. The normalized spacial score (nSPS) is 17.1. The highest BCUT2D eigenvalue weighted by Gasteiger charge is 2.22. The van der Waals surface area contributed by atoms with Crippen molar-refractivity contribution in [1.29, 1.82) is 0 Å². The van der Waals surface area contributed by atoms with Crippen molar-refractivity contribution in [3.8, 4) is 0 Å². The summed E-state index contributed by atoms with van der Waals surface area (Å²) in [4.78, 5) is 4.56. The van der Waals surface area contributed by atoms with Crippen LogP contribution in [0, 0.1) is 5.41 Å². The number of anilines is 1. The number of rotatable bonds is 2. The molecule has 2 rings (SSSR count). The topological polar surface area (TPSA) is 3.24 Å². The Morgan fingerprint density at radius 1 is 1.33 bits per heavy atom. The summed E-state index contributed by atoms with van der Waals surface area (Å²) in [6.45, 7) is 6.66. The van der Waals surface area contributed by atoms with Crippen LogP contribution in [0.3, 0.4) is 0 Å². The molecule has 1 heterocycles. The number of thioether (sulfide) groups is 1. The second-order valence-corrected chi connectivity index (χ2v) is 7.40. The van der Waals surface area contributed by atoms with Gasteiger partial charge in [0, 0.05) is 16.8 Å². The van der Waals surface area contributed by atoms with Crippen molar-refractivity contribution in [2.24, 2.45) is 5.41 Å². The molecule has 0 atom stereocenters. The number of nitrogens with zero attached hydrogens (tertiary/aromatic N) is 1. The number of hydrogen-bond acceptors (Lipinski definition) is 3. The maximum atomic E-state index is 5.49. The molecule has 0 unspecified atom stereocenters. The van der Waals surface area contributed by atoms with Gasteiger partial charge in [-0.15, -0.1) is 0 Å². The van der Waals surface area contributed by atoms with E-state index in [1.807, 2.05) is 0 Å². The van der Waals surface area contributed by atoms with Gasteiger partial charge in [0.05, 0.1) is 10.7 Å². The van der Waals surface area contributed by atoms with Crippen molar-refractivity contribution >= 4 is 34.5 Å². The van der Waals surface area contributed by atoms with Crippen LogP contribution in [0.2, 0.25) is 0 Å². The SMILES string of the molecule is CN1/C(=C/C(=S)CC(C)(C)C)Sc2ccccc21. The molecule has 1 aliphatic rings. The molecule has 0 saturated heterocycles. The molecule has 1 nitrogen and oxygen atoms in total. The Kier molecular flexibility index (Phi) is 3.83. The number of hydrogen-bond donors (Lipinski definition) is 0. The Morgan fingerprint density at radius 3 is 2.61 bits per heavy atom. The van der Waals surface area contributed by atoms with Crippen LogP contribution in [0.1, 0.15) is 27.2 Å². The number of fused-ring (bicyclic) bond motifs is 1. The highest BCUT2D eigenvalue weighted by atomic mass is 32.2. The van der Waals surface area contributed by atoms with Gasteiger partial charge in [-0.25, -0.2) is 0 Å². The quantitative estimate of drug-likeness (QED) is 0.560. The van der Waals surface area contributed by atoms with E-state index in [2.05, 4.69) is 63.1 Å². The molecule has 96 valence electrons. The minimum absolute atomic E-state index is 0.253. The Bertz CT molecular complexity index is 497. The predicted octanol–water partition coefficient (Wildman–Crippen LogP) is 4.88. The third-order valence-electron chi connectivity index (χ3n) is 2.76. The fourth-order valence-corrected chi connectivity index (χ4v) is 3.70. The highest BCUT2D eigenvalue weighted by Crippen LogP contribution is 2.44. The number of benzene rings is 1. The fourth-order valence-electron chi connectivity index (χ4n) is 1.96. The van der Waals surface area contributed by atoms with E-state index < -0.39 is 0 Å². The van der Waals surface area contributed by atoms with Crippen molar-refractivity contribution in [2.75, 3.05) is 11.9 Å². The molecule has 0 N–H and O–H groups in total. The van der Waals surface area contributed by atoms with Crippen molar-refractivity contribution < 1.29 is 0 Å². The molecule has 18 heavy (non-hydrogen) atoms. The number of thiocarbonyl (C=S) groups is 1. The lowest BCUT2D eigenvalue weighted by atomic mass is 9.90. The minimum atomic E-state index is 0.253. The molecule has 0 aliphatic carbocycles. The van der Waals surface area contributed by atoms with Crippen LogP contribution in [-0.4, -0.2) is 11.9 Å². The van der Waals surface area contributed by atoms with E-state index in [0.29, 0.717) is 0 Å². The van der Waals surface area contributed by atoms with Gasteiger partial charge in [0.25, 0.3) is 0 Å². The van der Waals surface area contributed by atoms with E-state index in [1.54, 1.807) is 11.8 Å². The van der Waals surface area contributed by atoms with Crippen LogP contribution in [0.15, 0.2) is 40.3 Å². The van der Waals surface area contributed by atoms with Crippen LogP contribution in [0.25, 0.3) is 0 Å². The van der Waals surface area contributed by atoms with Gasteiger partial charge in [-0.2, -0.15) is 0 Å². The first-order valence-electron chi connectivity index (χ1n) is 6.12. The minimum Gasteiger partial charge on any atom is -0.338 e. The Hall–Kier alpha value is -0.800. The van der Waals surface area contributed by atoms with E-state index in [4.69, 9.17) is 12.2 Å². The van der Waals surface area contributed by atoms with Crippen LogP contribution >= 0.6 is 24.0 Å². The number of allylic oxidation sites excluding steroid dienone is 1. The smallest absolute Gasteiger partial charge is 0.0810 e. The zero-order chi connectivity index (χ0) is 13.3. The van der Waals surface area contributed by atoms with Crippen LogP contribution in [0.5, 0.6) is 0 Å². The predicted molar refractivity (Wildman–Crippen MR) is 85.5 cm³/mol. The summed E-state index contributed by atoms with van der Waals surface area (Å²) in [5, 5.41) is 1.23. The van der Waals surface area contributed by atoms with Gasteiger partial charge in [0.2, 0.25) is 0 Å². The van der Waals surface area contributed by atoms with E-state index >= 15 is 0 Å². The summed E-state index contributed by atoms with van der Waals surface area (Å²) >= 11 is 7.28. The molecule has 3 heteroatoms. The zero-order valence-electron chi connectivity index (χ0n) is 11.4. The maximum Gasteiger partial charge on any atom is 0.0810 e. The molecule has 0 saturated carbocycles. The zero-order valence-corrected chi connectivity index (χ0v) is 13.0. The first kappa shape index (κ1) is 13.6. The van der Waals surface area contributed by atoms with Gasteiger partial charge < -0.3 is 4.90 Å². The molecular formula is C15H19NS2. The monoisotopic (exact) mass is 277 g/mol. The first-order chi connectivity index (χ1) is 8.37. The molecular weight excluding hydrogens is 258 g/mol. The fraction of sp³-hybridized carbons (Fsp3) is 0.400. The highest BCUT2D eigenvalue weighted by molar-refractivity contribution is 8.03. The molecule has 1 aromatic carbocycles. The standard InChI is InChI=1S/C15H19NS2/c1-15(2,3)10-11(17)9-14-16(4)12-7-5-6-8-13(12)18-14/h5-9H,10H2,1-4H3/b14-9-. The summed E-state index contributed by atoms with van der Waals surface area (Å²) < 4.78 is 0. The first-order valence-corrected chi connectivity index (χ1v) is 7.34. The average molecular weight is 277 g/mol. The van der Waals surface area contributed by atoms with Crippen LogP contribution in [0.4, 0.5) is 5.69 Å². The van der Waals surface area contributed by atoms with Crippen molar-refractivity contribution in [3.05, 3.63) is 35.4 Å². The maximum absolute atomic E-state index is 5.49. The molecule has 1 aromatic rings. The Morgan fingerprint density at radius 2 is 2.00 bits per heavy atom. The van der Waals surface area contributed by atoms with E-state index in [1.165, 1.54) is 15.6 Å². The molecule has 0 bridgehead atoms. The average Bonchev–Trinajstić information content (AvgIpc) is 2.54. The van der Waals surface area contributed by atoms with Gasteiger partial charge in [-0.1, -0.05) is 56.9 Å². The second-order valence-electron chi connectivity index (χ2n) is 5.82. The summed E-state index contributed by atoms with van der Waals surface area (Å²) in [5.74, 6) is 0. The third kappa shape index (κ3) is 3.15.